The van der Waals surface area contributed by atoms with E-state index in [-0.39, 0.29) is 29.3 Å². The number of para-hydroxylation sites is 1. The van der Waals surface area contributed by atoms with Crippen molar-refractivity contribution in [3.05, 3.63) is 65.9 Å². The second-order valence-electron chi connectivity index (χ2n) is 5.64. The minimum atomic E-state index is 0. The van der Waals surface area contributed by atoms with Crippen LogP contribution in [-0.4, -0.2) is 20.0 Å². The number of carbonyl (C=O) groups is 1. The molecular formula is C20H20BrNO3. The number of halogens is 1. The summed E-state index contributed by atoms with van der Waals surface area (Å²) in [6.45, 7) is 2.35. The van der Waals surface area contributed by atoms with Gasteiger partial charge in [-0.1, -0.05) is 12.1 Å². The first kappa shape index (κ1) is 18.9. The second-order valence-corrected chi connectivity index (χ2v) is 5.64. The van der Waals surface area contributed by atoms with Gasteiger partial charge < -0.3 is 26.5 Å². The number of fused-ring (bicyclic) bond motifs is 1. The maximum Gasteiger partial charge on any atom is 0.227 e. The van der Waals surface area contributed by atoms with Crippen molar-refractivity contribution in [2.45, 2.75) is 13.5 Å². The fourth-order valence-electron chi connectivity index (χ4n) is 2.82. The van der Waals surface area contributed by atoms with Crippen molar-refractivity contribution in [1.82, 2.24) is 0 Å². The summed E-state index contributed by atoms with van der Waals surface area (Å²) in [4.78, 5) is 12.7. The topological polar surface area (TPSA) is 39.4 Å². The lowest BCUT2D eigenvalue weighted by atomic mass is 10.1. The average Bonchev–Trinajstić information content (AvgIpc) is 2.63. The van der Waals surface area contributed by atoms with Crippen molar-refractivity contribution in [3.8, 4) is 11.5 Å². The highest BCUT2D eigenvalue weighted by Crippen LogP contribution is 2.27. The summed E-state index contributed by atoms with van der Waals surface area (Å²) in [5, 5.41) is 1.15. The van der Waals surface area contributed by atoms with Gasteiger partial charge in [0.05, 0.1) is 14.2 Å². The number of benzene rings is 2. The van der Waals surface area contributed by atoms with Crippen molar-refractivity contribution in [3.63, 3.8) is 0 Å². The smallest absolute Gasteiger partial charge is 0.227 e. The third-order valence-electron chi connectivity index (χ3n) is 4.16. The van der Waals surface area contributed by atoms with Crippen molar-refractivity contribution >= 4 is 16.7 Å². The van der Waals surface area contributed by atoms with Gasteiger partial charge in [0.15, 0.2) is 17.7 Å². The zero-order valence-electron chi connectivity index (χ0n) is 14.5. The molecule has 2 aromatic carbocycles. The van der Waals surface area contributed by atoms with Gasteiger partial charge in [0.25, 0.3) is 0 Å². The van der Waals surface area contributed by atoms with E-state index in [2.05, 4.69) is 13.0 Å². The van der Waals surface area contributed by atoms with Crippen LogP contribution in [0, 0.1) is 6.92 Å². The van der Waals surface area contributed by atoms with E-state index in [0.717, 1.165) is 10.9 Å². The molecule has 0 N–H and O–H groups in total. The Labute approximate surface area is 157 Å². The van der Waals surface area contributed by atoms with Crippen molar-refractivity contribution in [1.29, 1.82) is 0 Å². The predicted octanol–water partition coefficient (Wildman–Crippen LogP) is 0.340. The van der Waals surface area contributed by atoms with Crippen molar-refractivity contribution in [2.24, 2.45) is 0 Å². The zero-order chi connectivity index (χ0) is 17.1. The predicted molar refractivity (Wildman–Crippen MR) is 92.8 cm³/mol. The number of Topliss-reactive ketones (excluding diaryl/α,β-unsaturated/α-hetero) is 1. The molecule has 0 amide bonds. The highest BCUT2D eigenvalue weighted by atomic mass is 79.9. The van der Waals surface area contributed by atoms with Crippen LogP contribution in [0.2, 0.25) is 0 Å². The lowest BCUT2D eigenvalue weighted by Gasteiger charge is -2.08. The molecular weight excluding hydrogens is 382 g/mol. The molecule has 0 radical (unpaired) electrons. The number of pyridine rings is 1. The molecule has 3 rings (SSSR count). The summed E-state index contributed by atoms with van der Waals surface area (Å²) in [5.74, 6) is 1.19. The molecule has 0 spiro atoms. The fourth-order valence-corrected chi connectivity index (χ4v) is 2.82. The molecule has 25 heavy (non-hydrogen) atoms. The summed E-state index contributed by atoms with van der Waals surface area (Å²) in [7, 11) is 3.14. The Bertz CT molecular complexity index is 909. The Balaban J connectivity index is 0.00000225. The van der Waals surface area contributed by atoms with Crippen LogP contribution in [0.25, 0.3) is 10.9 Å². The van der Waals surface area contributed by atoms with Crippen molar-refractivity contribution in [2.75, 3.05) is 14.2 Å². The van der Waals surface area contributed by atoms with Gasteiger partial charge in [0.2, 0.25) is 17.8 Å². The molecule has 0 atom stereocenters. The molecule has 4 nitrogen and oxygen atoms in total. The Hall–Kier alpha value is -2.40. The Morgan fingerprint density at radius 3 is 2.44 bits per heavy atom. The second kappa shape index (κ2) is 8.12. The van der Waals surface area contributed by atoms with Crippen LogP contribution in [0.3, 0.4) is 0 Å². The number of hydrogen-bond acceptors (Lipinski definition) is 3. The van der Waals surface area contributed by atoms with E-state index in [1.807, 2.05) is 35.0 Å². The Morgan fingerprint density at radius 2 is 1.72 bits per heavy atom. The molecule has 0 aliphatic heterocycles. The van der Waals surface area contributed by atoms with E-state index in [0.29, 0.717) is 17.1 Å². The Kier molecular flexibility index (Phi) is 6.15. The maximum absolute atomic E-state index is 12.7. The van der Waals surface area contributed by atoms with Crippen LogP contribution in [0.4, 0.5) is 0 Å². The first-order chi connectivity index (χ1) is 11.6. The lowest BCUT2D eigenvalue weighted by Crippen LogP contribution is -3.00. The minimum absolute atomic E-state index is 0. The number of nitrogens with zero attached hydrogens (tertiary/aromatic N) is 1. The SMILES string of the molecule is COc1ccc(C(=O)C[n+]2ccc(C)c3ccccc32)cc1OC.[Br-]. The summed E-state index contributed by atoms with van der Waals surface area (Å²) in [5.41, 5.74) is 2.84. The van der Waals surface area contributed by atoms with Crippen LogP contribution >= 0.6 is 0 Å². The van der Waals surface area contributed by atoms with Gasteiger partial charge in [-0.05, 0) is 36.8 Å². The molecule has 1 aromatic heterocycles. The monoisotopic (exact) mass is 401 g/mol. The van der Waals surface area contributed by atoms with Crippen LogP contribution in [0.1, 0.15) is 15.9 Å². The number of hydrogen-bond donors (Lipinski definition) is 0. The molecule has 0 fully saturated rings. The van der Waals surface area contributed by atoms with Gasteiger partial charge in [-0.3, -0.25) is 4.79 Å². The molecule has 1 heterocycles. The third kappa shape index (κ3) is 3.82. The van der Waals surface area contributed by atoms with E-state index in [4.69, 9.17) is 9.47 Å². The standard InChI is InChI=1S/C20H20NO3.BrH/c1-14-10-11-21(17-7-5-4-6-16(14)17)13-18(22)15-8-9-19(23-2)20(12-15)24-3;/h4-12H,13H2,1-3H3;1H/q+1;/p-1. The number of carbonyl (C=O) groups excluding carboxylic acids is 1. The molecule has 0 saturated heterocycles. The van der Waals surface area contributed by atoms with Crippen LogP contribution in [-0.2, 0) is 6.54 Å². The van der Waals surface area contributed by atoms with Crippen LogP contribution < -0.4 is 31.0 Å². The number of aryl methyl sites for hydroxylation is 1. The lowest BCUT2D eigenvalue weighted by molar-refractivity contribution is -0.657. The highest BCUT2D eigenvalue weighted by Gasteiger charge is 2.17. The summed E-state index contributed by atoms with van der Waals surface area (Å²) in [6, 6.07) is 15.4. The molecule has 0 bridgehead atoms. The first-order valence-corrected chi connectivity index (χ1v) is 7.77. The molecule has 5 heteroatoms. The summed E-state index contributed by atoms with van der Waals surface area (Å²) < 4.78 is 12.5. The molecule has 0 aliphatic rings. The summed E-state index contributed by atoms with van der Waals surface area (Å²) in [6.07, 6.45) is 1.95. The molecule has 130 valence electrons. The molecule has 0 aliphatic carbocycles. The minimum Gasteiger partial charge on any atom is -1.00 e. The maximum atomic E-state index is 12.7. The van der Waals surface area contributed by atoms with Gasteiger partial charge in [0, 0.05) is 23.1 Å². The normalized spacial score (nSPS) is 10.2. The number of aromatic nitrogens is 1. The number of ether oxygens (including phenoxy) is 2. The van der Waals surface area contributed by atoms with Gasteiger partial charge >= 0.3 is 0 Å². The van der Waals surface area contributed by atoms with Crippen LogP contribution in [0.15, 0.2) is 54.7 Å². The van der Waals surface area contributed by atoms with Gasteiger partial charge in [-0.2, -0.15) is 4.57 Å². The number of ketones is 1. The quantitative estimate of drug-likeness (QED) is 0.457. The first-order valence-electron chi connectivity index (χ1n) is 7.77. The van der Waals surface area contributed by atoms with Crippen LogP contribution in [0.5, 0.6) is 11.5 Å². The number of methoxy groups -OCH3 is 2. The highest BCUT2D eigenvalue weighted by molar-refractivity contribution is 5.96. The van der Waals surface area contributed by atoms with E-state index in [1.54, 1.807) is 32.4 Å². The van der Waals surface area contributed by atoms with Gasteiger partial charge in [0.1, 0.15) is 0 Å². The third-order valence-corrected chi connectivity index (χ3v) is 4.16. The van der Waals surface area contributed by atoms with Gasteiger partial charge in [-0.25, -0.2) is 0 Å². The number of rotatable bonds is 5. The molecule has 0 saturated carbocycles. The van der Waals surface area contributed by atoms with E-state index in [9.17, 15) is 4.79 Å². The van der Waals surface area contributed by atoms with E-state index < -0.39 is 0 Å². The van der Waals surface area contributed by atoms with Gasteiger partial charge in [-0.15, -0.1) is 0 Å². The Morgan fingerprint density at radius 1 is 1.00 bits per heavy atom. The molecule has 0 unspecified atom stereocenters. The van der Waals surface area contributed by atoms with E-state index >= 15 is 0 Å². The largest absolute Gasteiger partial charge is 1.00 e. The fraction of sp³-hybridized carbons (Fsp3) is 0.200. The molecule has 3 aromatic rings. The average molecular weight is 402 g/mol. The summed E-state index contributed by atoms with van der Waals surface area (Å²) >= 11 is 0. The van der Waals surface area contributed by atoms with Crippen molar-refractivity contribution < 1.29 is 35.8 Å². The van der Waals surface area contributed by atoms with E-state index in [1.165, 1.54) is 5.56 Å². The zero-order valence-corrected chi connectivity index (χ0v) is 16.0.